The predicted molar refractivity (Wildman–Crippen MR) is 106 cm³/mol. The van der Waals surface area contributed by atoms with E-state index in [-0.39, 0.29) is 5.91 Å². The summed E-state index contributed by atoms with van der Waals surface area (Å²) in [5, 5.41) is 12.3. The van der Waals surface area contributed by atoms with Crippen molar-refractivity contribution in [1.29, 1.82) is 5.26 Å². The third-order valence-electron chi connectivity index (χ3n) is 5.40. The van der Waals surface area contributed by atoms with Crippen LogP contribution in [0.4, 0.5) is 5.69 Å². The van der Waals surface area contributed by atoms with Crippen LogP contribution in [0.5, 0.6) is 0 Å². The Hall–Kier alpha value is -2.68. The fourth-order valence-electron chi connectivity index (χ4n) is 3.79. The smallest absolute Gasteiger partial charge is 0.279 e. The van der Waals surface area contributed by atoms with Crippen LogP contribution in [0.2, 0.25) is 0 Å². The second-order valence-corrected chi connectivity index (χ2v) is 7.44. The van der Waals surface area contributed by atoms with Crippen molar-refractivity contribution >= 4 is 11.6 Å². The molecule has 1 aliphatic rings. The van der Waals surface area contributed by atoms with E-state index in [0.717, 1.165) is 60.7 Å². The maximum Gasteiger partial charge on any atom is 0.279 e. The number of para-hydroxylation sites is 1. The van der Waals surface area contributed by atoms with E-state index in [1.54, 1.807) is 0 Å². The highest BCUT2D eigenvalue weighted by molar-refractivity contribution is 5.93. The molecule has 0 spiro atoms. The van der Waals surface area contributed by atoms with E-state index in [2.05, 4.69) is 11.4 Å². The van der Waals surface area contributed by atoms with E-state index in [4.69, 9.17) is 0 Å². The van der Waals surface area contributed by atoms with Crippen molar-refractivity contribution in [3.05, 3.63) is 64.7 Å². The third kappa shape index (κ3) is 4.94. The summed E-state index contributed by atoms with van der Waals surface area (Å²) in [6.07, 6.45) is 0. The van der Waals surface area contributed by atoms with Crippen molar-refractivity contribution < 1.29 is 14.6 Å². The average molecular weight is 364 g/mol. The number of quaternary nitrogens is 2. The summed E-state index contributed by atoms with van der Waals surface area (Å²) in [6, 6.07) is 16.2. The third-order valence-corrected chi connectivity index (χ3v) is 5.40. The first-order valence-corrected chi connectivity index (χ1v) is 9.58. The number of carbonyl (C=O) groups is 1. The number of hydrogen-bond donors (Lipinski definition) is 3. The molecule has 5 heteroatoms. The number of nitrogens with one attached hydrogen (secondary N) is 3. The highest BCUT2D eigenvalue weighted by atomic mass is 16.2. The molecular formula is C22H28N4O+2. The summed E-state index contributed by atoms with van der Waals surface area (Å²) in [5.41, 5.74) is 5.03. The zero-order chi connectivity index (χ0) is 19.2. The van der Waals surface area contributed by atoms with Gasteiger partial charge in [-0.3, -0.25) is 4.79 Å². The molecule has 140 valence electrons. The number of benzene rings is 2. The minimum Gasteiger partial charge on any atom is -0.322 e. The Bertz CT molecular complexity index is 827. The second-order valence-electron chi connectivity index (χ2n) is 7.44. The van der Waals surface area contributed by atoms with Crippen LogP contribution in [-0.4, -0.2) is 38.6 Å². The molecule has 3 rings (SSSR count). The van der Waals surface area contributed by atoms with Gasteiger partial charge in [0.15, 0.2) is 6.54 Å². The quantitative estimate of drug-likeness (QED) is 0.705. The maximum atomic E-state index is 12.5. The van der Waals surface area contributed by atoms with E-state index in [9.17, 15) is 10.1 Å². The molecule has 0 unspecified atom stereocenters. The zero-order valence-corrected chi connectivity index (χ0v) is 16.1. The van der Waals surface area contributed by atoms with Crippen LogP contribution in [0.1, 0.15) is 22.3 Å². The number of rotatable bonds is 5. The Morgan fingerprint density at radius 2 is 1.63 bits per heavy atom. The van der Waals surface area contributed by atoms with Crippen LogP contribution in [0.3, 0.4) is 0 Å². The van der Waals surface area contributed by atoms with E-state index < -0.39 is 0 Å². The van der Waals surface area contributed by atoms with Crippen LogP contribution in [0.25, 0.3) is 0 Å². The SMILES string of the molecule is Cc1cccc(C)c1NC(=O)C[NH+]1CC[NH+](Cc2ccccc2C#N)CC1. The molecule has 1 amide bonds. The molecule has 0 aromatic heterocycles. The molecule has 1 fully saturated rings. The number of piperazine rings is 1. The zero-order valence-electron chi connectivity index (χ0n) is 16.1. The summed E-state index contributed by atoms with van der Waals surface area (Å²) < 4.78 is 0. The summed E-state index contributed by atoms with van der Waals surface area (Å²) in [6.45, 7) is 9.43. The number of hydrogen-bond acceptors (Lipinski definition) is 2. The highest BCUT2D eigenvalue weighted by Gasteiger charge is 2.25. The highest BCUT2D eigenvalue weighted by Crippen LogP contribution is 2.18. The molecule has 0 saturated carbocycles. The van der Waals surface area contributed by atoms with Crippen molar-refractivity contribution in [2.24, 2.45) is 0 Å². The first kappa shape index (κ1) is 19.1. The predicted octanol–water partition coefficient (Wildman–Crippen LogP) is 0.0972. The molecule has 1 saturated heterocycles. The summed E-state index contributed by atoms with van der Waals surface area (Å²) >= 11 is 0. The topological polar surface area (TPSA) is 61.8 Å². The van der Waals surface area contributed by atoms with Gasteiger partial charge in [0.1, 0.15) is 32.7 Å². The molecule has 0 aliphatic carbocycles. The van der Waals surface area contributed by atoms with Crippen molar-refractivity contribution in [2.45, 2.75) is 20.4 Å². The summed E-state index contributed by atoms with van der Waals surface area (Å²) in [7, 11) is 0. The standard InChI is InChI=1S/C22H26N4O/c1-17-6-5-7-18(2)22(17)24-21(27)16-26-12-10-25(11-13-26)15-20-9-4-3-8-19(20)14-23/h3-9H,10-13,15-16H2,1-2H3,(H,24,27)/p+2. The molecule has 1 heterocycles. The van der Waals surface area contributed by atoms with Gasteiger partial charge in [0.25, 0.3) is 5.91 Å². The molecule has 0 atom stereocenters. The number of amides is 1. The van der Waals surface area contributed by atoms with Crippen molar-refractivity contribution in [2.75, 3.05) is 38.0 Å². The molecule has 0 bridgehead atoms. The minimum atomic E-state index is 0.0840. The van der Waals surface area contributed by atoms with Gasteiger partial charge in [0, 0.05) is 11.3 Å². The second kappa shape index (κ2) is 8.81. The van der Waals surface area contributed by atoms with Crippen molar-refractivity contribution in [1.82, 2.24) is 0 Å². The lowest BCUT2D eigenvalue weighted by Crippen LogP contribution is -3.28. The van der Waals surface area contributed by atoms with E-state index >= 15 is 0 Å². The normalized spacial score (nSPS) is 19.3. The molecule has 27 heavy (non-hydrogen) atoms. The number of nitrogens with zero attached hydrogens (tertiary/aromatic N) is 1. The van der Waals surface area contributed by atoms with Gasteiger partial charge in [-0.25, -0.2) is 0 Å². The lowest BCUT2D eigenvalue weighted by Gasteiger charge is -2.29. The molecule has 5 nitrogen and oxygen atoms in total. The Kier molecular flexibility index (Phi) is 6.23. The fraction of sp³-hybridized carbons (Fsp3) is 0.364. The first-order chi connectivity index (χ1) is 13.1. The van der Waals surface area contributed by atoms with Crippen molar-refractivity contribution in [3.63, 3.8) is 0 Å². The van der Waals surface area contributed by atoms with Crippen LogP contribution in [0, 0.1) is 25.2 Å². The van der Waals surface area contributed by atoms with Crippen LogP contribution >= 0.6 is 0 Å². The Morgan fingerprint density at radius 3 is 2.30 bits per heavy atom. The summed E-state index contributed by atoms with van der Waals surface area (Å²) in [5.74, 6) is 0.0840. The number of carbonyl (C=O) groups excluding carboxylic acids is 1. The lowest BCUT2D eigenvalue weighted by atomic mass is 10.1. The van der Waals surface area contributed by atoms with E-state index in [1.165, 1.54) is 9.80 Å². The molecule has 3 N–H and O–H groups in total. The number of nitriles is 1. The van der Waals surface area contributed by atoms with Gasteiger partial charge in [-0.15, -0.1) is 0 Å². The maximum absolute atomic E-state index is 12.5. The van der Waals surface area contributed by atoms with E-state index in [1.807, 2.05) is 56.3 Å². The molecule has 2 aromatic rings. The average Bonchev–Trinajstić information content (AvgIpc) is 2.67. The van der Waals surface area contributed by atoms with Gasteiger partial charge in [-0.1, -0.05) is 36.4 Å². The Balaban J connectivity index is 1.49. The van der Waals surface area contributed by atoms with Gasteiger partial charge in [-0.05, 0) is 31.0 Å². The van der Waals surface area contributed by atoms with E-state index in [0.29, 0.717) is 6.54 Å². The fourth-order valence-corrected chi connectivity index (χ4v) is 3.79. The largest absolute Gasteiger partial charge is 0.322 e. The molecule has 1 aliphatic heterocycles. The number of anilines is 1. The van der Waals surface area contributed by atoms with Gasteiger partial charge >= 0.3 is 0 Å². The van der Waals surface area contributed by atoms with Crippen LogP contribution < -0.4 is 15.1 Å². The van der Waals surface area contributed by atoms with Crippen LogP contribution in [0.15, 0.2) is 42.5 Å². The van der Waals surface area contributed by atoms with Gasteiger partial charge in [0.05, 0.1) is 11.6 Å². The van der Waals surface area contributed by atoms with Crippen molar-refractivity contribution in [3.8, 4) is 6.07 Å². The molecule has 2 aromatic carbocycles. The lowest BCUT2D eigenvalue weighted by molar-refractivity contribution is -1.02. The van der Waals surface area contributed by atoms with Gasteiger partial charge in [0.2, 0.25) is 0 Å². The Morgan fingerprint density at radius 1 is 1.00 bits per heavy atom. The first-order valence-electron chi connectivity index (χ1n) is 9.58. The monoisotopic (exact) mass is 364 g/mol. The number of aryl methyl sites for hydroxylation is 2. The van der Waals surface area contributed by atoms with Gasteiger partial charge in [-0.2, -0.15) is 5.26 Å². The van der Waals surface area contributed by atoms with Gasteiger partial charge < -0.3 is 15.1 Å². The Labute approximate surface area is 161 Å². The summed E-state index contributed by atoms with van der Waals surface area (Å²) in [4.78, 5) is 15.3. The van der Waals surface area contributed by atoms with Crippen LogP contribution in [-0.2, 0) is 11.3 Å². The molecular weight excluding hydrogens is 336 g/mol. The minimum absolute atomic E-state index is 0.0840. The molecule has 0 radical (unpaired) electrons.